The standard InChI is InChI=1S/C14H22O/c15-12-8-7-11-6-5-10-3-1-2-4-13(10)14(11)9-12/h10-11,13-14H,1-9H2. The molecule has 0 saturated heterocycles. The molecule has 4 unspecified atom stereocenters. The van der Waals surface area contributed by atoms with Gasteiger partial charge in [-0.25, -0.2) is 0 Å². The molecule has 0 amide bonds. The van der Waals surface area contributed by atoms with Gasteiger partial charge >= 0.3 is 0 Å². The van der Waals surface area contributed by atoms with Gasteiger partial charge in [-0.1, -0.05) is 19.3 Å². The molecule has 3 rings (SSSR count). The summed E-state index contributed by atoms with van der Waals surface area (Å²) in [4.78, 5) is 11.6. The van der Waals surface area contributed by atoms with Gasteiger partial charge in [0, 0.05) is 12.8 Å². The highest BCUT2D eigenvalue weighted by molar-refractivity contribution is 5.79. The number of Topliss-reactive ketones (excluding diaryl/α,β-unsaturated/α-hetero) is 1. The van der Waals surface area contributed by atoms with E-state index >= 15 is 0 Å². The number of carbonyl (C=O) groups excluding carboxylic acids is 1. The normalized spacial score (nSPS) is 45.7. The van der Waals surface area contributed by atoms with Crippen LogP contribution in [0.3, 0.4) is 0 Å². The SMILES string of the molecule is O=C1CCC2CCC3CCCCC3C2C1. The molecule has 1 heteroatoms. The van der Waals surface area contributed by atoms with Crippen molar-refractivity contribution >= 4 is 5.78 Å². The molecule has 1 nitrogen and oxygen atoms in total. The average Bonchev–Trinajstić information content (AvgIpc) is 2.29. The Morgan fingerprint density at radius 3 is 2.40 bits per heavy atom. The number of carbonyl (C=O) groups is 1. The highest BCUT2D eigenvalue weighted by Gasteiger charge is 2.42. The summed E-state index contributed by atoms with van der Waals surface area (Å²) in [6, 6.07) is 0. The van der Waals surface area contributed by atoms with Crippen LogP contribution in [0.4, 0.5) is 0 Å². The summed E-state index contributed by atoms with van der Waals surface area (Å²) >= 11 is 0. The predicted octanol–water partition coefficient (Wildman–Crippen LogP) is 3.57. The van der Waals surface area contributed by atoms with E-state index < -0.39 is 0 Å². The molecule has 0 bridgehead atoms. The largest absolute Gasteiger partial charge is 0.300 e. The molecule has 0 N–H and O–H groups in total. The van der Waals surface area contributed by atoms with Crippen LogP contribution < -0.4 is 0 Å². The topological polar surface area (TPSA) is 17.1 Å². The Kier molecular flexibility index (Phi) is 2.58. The molecule has 3 aliphatic rings. The van der Waals surface area contributed by atoms with Crippen molar-refractivity contribution in [2.24, 2.45) is 23.7 Å². The van der Waals surface area contributed by atoms with Gasteiger partial charge in [-0.05, 0) is 49.4 Å². The number of ketones is 1. The van der Waals surface area contributed by atoms with Gasteiger partial charge < -0.3 is 0 Å². The molecule has 0 radical (unpaired) electrons. The van der Waals surface area contributed by atoms with E-state index in [1.165, 1.54) is 44.9 Å². The third-order valence-electron chi connectivity index (χ3n) is 5.29. The van der Waals surface area contributed by atoms with Crippen LogP contribution in [-0.2, 0) is 4.79 Å². The molecule has 0 aromatic rings. The van der Waals surface area contributed by atoms with Gasteiger partial charge in [0.15, 0.2) is 0 Å². The molecule has 0 spiro atoms. The average molecular weight is 206 g/mol. The third kappa shape index (κ3) is 1.74. The predicted molar refractivity (Wildman–Crippen MR) is 60.5 cm³/mol. The highest BCUT2D eigenvalue weighted by atomic mass is 16.1. The van der Waals surface area contributed by atoms with Crippen LogP contribution in [0.25, 0.3) is 0 Å². The fourth-order valence-electron chi connectivity index (χ4n) is 4.54. The molecule has 3 saturated carbocycles. The second kappa shape index (κ2) is 3.92. The van der Waals surface area contributed by atoms with Crippen molar-refractivity contribution in [2.75, 3.05) is 0 Å². The lowest BCUT2D eigenvalue weighted by Crippen LogP contribution is -2.40. The Labute approximate surface area is 92.6 Å². The maximum atomic E-state index is 11.6. The molecule has 84 valence electrons. The Bertz CT molecular complexity index is 258. The van der Waals surface area contributed by atoms with E-state index in [-0.39, 0.29) is 0 Å². The van der Waals surface area contributed by atoms with Crippen molar-refractivity contribution in [1.29, 1.82) is 0 Å². The van der Waals surface area contributed by atoms with Crippen molar-refractivity contribution in [3.8, 4) is 0 Å². The minimum absolute atomic E-state index is 0.558. The van der Waals surface area contributed by atoms with Crippen molar-refractivity contribution in [3.05, 3.63) is 0 Å². The summed E-state index contributed by atoms with van der Waals surface area (Å²) in [5.74, 6) is 4.20. The summed E-state index contributed by atoms with van der Waals surface area (Å²) in [6.45, 7) is 0. The monoisotopic (exact) mass is 206 g/mol. The molecule has 4 atom stereocenters. The third-order valence-corrected chi connectivity index (χ3v) is 5.29. The first kappa shape index (κ1) is 9.86. The zero-order valence-electron chi connectivity index (χ0n) is 9.58. The molecular weight excluding hydrogens is 184 g/mol. The van der Waals surface area contributed by atoms with Crippen molar-refractivity contribution in [1.82, 2.24) is 0 Å². The molecule has 15 heavy (non-hydrogen) atoms. The number of fused-ring (bicyclic) bond motifs is 3. The Morgan fingerprint density at radius 2 is 1.53 bits per heavy atom. The van der Waals surface area contributed by atoms with Crippen LogP contribution in [0.5, 0.6) is 0 Å². The Morgan fingerprint density at radius 1 is 0.800 bits per heavy atom. The van der Waals surface area contributed by atoms with Crippen LogP contribution in [0.15, 0.2) is 0 Å². The van der Waals surface area contributed by atoms with Crippen LogP contribution in [0.2, 0.25) is 0 Å². The van der Waals surface area contributed by atoms with Gasteiger partial charge in [0.1, 0.15) is 5.78 Å². The summed E-state index contributed by atoms with van der Waals surface area (Å²) < 4.78 is 0. The van der Waals surface area contributed by atoms with Crippen LogP contribution in [0.1, 0.15) is 57.8 Å². The van der Waals surface area contributed by atoms with Crippen molar-refractivity contribution < 1.29 is 4.79 Å². The zero-order chi connectivity index (χ0) is 10.3. The van der Waals surface area contributed by atoms with E-state index in [1.54, 1.807) is 0 Å². The van der Waals surface area contributed by atoms with E-state index in [9.17, 15) is 4.79 Å². The molecule has 0 aliphatic heterocycles. The second-order valence-electron chi connectivity index (χ2n) is 5.99. The maximum absolute atomic E-state index is 11.6. The first-order valence-corrected chi connectivity index (χ1v) is 6.86. The maximum Gasteiger partial charge on any atom is 0.133 e. The van der Waals surface area contributed by atoms with E-state index in [0.717, 1.165) is 36.5 Å². The van der Waals surface area contributed by atoms with Crippen molar-refractivity contribution in [2.45, 2.75) is 57.8 Å². The fraction of sp³-hybridized carbons (Fsp3) is 0.929. The highest BCUT2D eigenvalue weighted by Crippen LogP contribution is 2.50. The van der Waals surface area contributed by atoms with Gasteiger partial charge in [0.2, 0.25) is 0 Å². The number of hydrogen-bond donors (Lipinski definition) is 0. The van der Waals surface area contributed by atoms with Gasteiger partial charge in [-0.3, -0.25) is 4.79 Å². The second-order valence-corrected chi connectivity index (χ2v) is 5.99. The smallest absolute Gasteiger partial charge is 0.133 e. The van der Waals surface area contributed by atoms with Gasteiger partial charge in [0.25, 0.3) is 0 Å². The lowest BCUT2D eigenvalue weighted by atomic mass is 9.58. The van der Waals surface area contributed by atoms with Gasteiger partial charge in [-0.2, -0.15) is 0 Å². The van der Waals surface area contributed by atoms with E-state index in [1.807, 2.05) is 0 Å². The molecule has 0 heterocycles. The van der Waals surface area contributed by atoms with Crippen LogP contribution in [-0.4, -0.2) is 5.78 Å². The number of hydrogen-bond acceptors (Lipinski definition) is 1. The summed E-state index contributed by atoms with van der Waals surface area (Å²) in [7, 11) is 0. The van der Waals surface area contributed by atoms with Crippen LogP contribution >= 0.6 is 0 Å². The minimum Gasteiger partial charge on any atom is -0.300 e. The van der Waals surface area contributed by atoms with E-state index in [2.05, 4.69) is 0 Å². The Hall–Kier alpha value is -0.330. The summed E-state index contributed by atoms with van der Waals surface area (Å²) in [5, 5.41) is 0. The van der Waals surface area contributed by atoms with Gasteiger partial charge in [0.05, 0.1) is 0 Å². The Balaban J connectivity index is 1.77. The summed E-state index contributed by atoms with van der Waals surface area (Å²) in [6.07, 6.45) is 11.7. The van der Waals surface area contributed by atoms with Crippen LogP contribution in [0, 0.1) is 23.7 Å². The molecule has 0 aromatic carbocycles. The number of rotatable bonds is 0. The molecule has 3 aliphatic carbocycles. The first-order chi connectivity index (χ1) is 7.34. The first-order valence-electron chi connectivity index (χ1n) is 6.86. The molecule has 3 fully saturated rings. The lowest BCUT2D eigenvalue weighted by molar-refractivity contribution is -0.125. The van der Waals surface area contributed by atoms with Gasteiger partial charge in [-0.15, -0.1) is 0 Å². The van der Waals surface area contributed by atoms with E-state index in [0.29, 0.717) is 5.78 Å². The fourth-order valence-corrected chi connectivity index (χ4v) is 4.54. The molecule has 0 aromatic heterocycles. The summed E-state index contributed by atoms with van der Waals surface area (Å²) in [5.41, 5.74) is 0. The quantitative estimate of drug-likeness (QED) is 0.592. The lowest BCUT2D eigenvalue weighted by Gasteiger charge is -2.47. The van der Waals surface area contributed by atoms with E-state index in [4.69, 9.17) is 0 Å². The zero-order valence-corrected chi connectivity index (χ0v) is 9.58. The molecular formula is C14H22O. The van der Waals surface area contributed by atoms with Crippen molar-refractivity contribution in [3.63, 3.8) is 0 Å². The minimum atomic E-state index is 0.558.